The largest absolute Gasteiger partial charge is 0.504 e. The van der Waals surface area contributed by atoms with Crippen molar-refractivity contribution in [1.82, 2.24) is 9.55 Å². The Hall–Kier alpha value is -2.80. The monoisotopic (exact) mass is 413 g/mol. The predicted molar refractivity (Wildman–Crippen MR) is 101 cm³/mol. The number of methoxy groups -OCH3 is 1. The van der Waals surface area contributed by atoms with Crippen molar-refractivity contribution in [3.05, 3.63) is 64.5 Å². The van der Waals surface area contributed by atoms with E-state index in [0.29, 0.717) is 11.6 Å². The summed E-state index contributed by atoms with van der Waals surface area (Å²) in [7, 11) is 1.50. The van der Waals surface area contributed by atoms with Crippen molar-refractivity contribution in [3.63, 3.8) is 0 Å². The second-order valence-electron chi connectivity index (χ2n) is 6.06. The average molecular weight is 414 g/mol. The summed E-state index contributed by atoms with van der Waals surface area (Å²) in [5, 5.41) is 13.0. The lowest BCUT2D eigenvalue weighted by Gasteiger charge is -2.23. The van der Waals surface area contributed by atoms with Gasteiger partial charge in [0.05, 0.1) is 12.8 Å². The van der Waals surface area contributed by atoms with Gasteiger partial charge in [0.25, 0.3) is 0 Å². The maximum absolute atomic E-state index is 12.3. The van der Waals surface area contributed by atoms with Crippen LogP contribution in [0.15, 0.2) is 53.3 Å². The van der Waals surface area contributed by atoms with E-state index in [0.717, 1.165) is 21.4 Å². The molecule has 7 heteroatoms. The van der Waals surface area contributed by atoms with Gasteiger partial charge in [-0.1, -0.05) is 22.0 Å². The predicted octanol–water partition coefficient (Wildman–Crippen LogP) is 3.82. The second kappa shape index (κ2) is 6.49. The van der Waals surface area contributed by atoms with Crippen molar-refractivity contribution in [3.8, 4) is 17.2 Å². The quantitative estimate of drug-likeness (QED) is 0.683. The van der Waals surface area contributed by atoms with Crippen LogP contribution < -0.4 is 10.1 Å². The van der Waals surface area contributed by atoms with E-state index in [1.807, 2.05) is 34.9 Å². The third kappa shape index (κ3) is 2.84. The van der Waals surface area contributed by atoms with Gasteiger partial charge >= 0.3 is 0 Å². The van der Waals surface area contributed by atoms with Gasteiger partial charge in [-0.05, 0) is 42.0 Å². The number of phenols is 1. The summed E-state index contributed by atoms with van der Waals surface area (Å²) < 4.78 is 7.93. The molecule has 0 radical (unpaired) electrons. The van der Waals surface area contributed by atoms with Gasteiger partial charge in [-0.25, -0.2) is 4.98 Å². The number of aromatic nitrogens is 2. The molecular weight excluding hydrogens is 398 g/mol. The molecule has 1 aromatic heterocycles. The minimum absolute atomic E-state index is 0.0462. The van der Waals surface area contributed by atoms with Crippen molar-refractivity contribution in [1.29, 1.82) is 0 Å². The first kappa shape index (κ1) is 16.7. The first-order chi connectivity index (χ1) is 12.6. The molecule has 4 rings (SSSR count). The number of nitrogens with zero attached hydrogens (tertiary/aromatic N) is 2. The van der Waals surface area contributed by atoms with Crippen LogP contribution in [0.2, 0.25) is 0 Å². The fraction of sp³-hybridized carbons (Fsp3) is 0.158. The molecule has 0 bridgehead atoms. The summed E-state index contributed by atoms with van der Waals surface area (Å²) >= 11 is 3.42. The number of carbonyl (C=O) groups is 1. The first-order valence-corrected chi connectivity index (χ1v) is 8.86. The highest BCUT2D eigenvalue weighted by Crippen LogP contribution is 2.39. The third-order valence-corrected chi connectivity index (χ3v) is 5.01. The molecule has 3 aromatic rings. The number of amides is 1. The van der Waals surface area contributed by atoms with Gasteiger partial charge in [-0.3, -0.25) is 9.36 Å². The van der Waals surface area contributed by atoms with Crippen molar-refractivity contribution >= 4 is 27.7 Å². The second-order valence-corrected chi connectivity index (χ2v) is 6.98. The van der Waals surface area contributed by atoms with Crippen LogP contribution in [0.1, 0.15) is 23.6 Å². The number of anilines is 1. The Kier molecular flexibility index (Phi) is 4.16. The van der Waals surface area contributed by atoms with Crippen LogP contribution in [0, 0.1) is 0 Å². The molecule has 0 saturated heterocycles. The molecule has 2 heterocycles. The number of imidazole rings is 1. The molecule has 0 fully saturated rings. The van der Waals surface area contributed by atoms with Crippen LogP contribution in [0.25, 0.3) is 5.69 Å². The molecule has 26 heavy (non-hydrogen) atoms. The van der Waals surface area contributed by atoms with Crippen molar-refractivity contribution in [2.24, 2.45) is 0 Å². The smallest absolute Gasteiger partial charge is 0.226 e. The van der Waals surface area contributed by atoms with Crippen molar-refractivity contribution in [2.75, 3.05) is 12.4 Å². The molecule has 1 amide bonds. The van der Waals surface area contributed by atoms with Gasteiger partial charge in [0.1, 0.15) is 12.1 Å². The van der Waals surface area contributed by atoms with Gasteiger partial charge in [0.2, 0.25) is 5.91 Å². The van der Waals surface area contributed by atoms with Crippen molar-refractivity contribution in [2.45, 2.75) is 12.3 Å². The zero-order valence-electron chi connectivity index (χ0n) is 13.9. The summed E-state index contributed by atoms with van der Waals surface area (Å²) in [6.07, 6.45) is 1.98. The number of ether oxygens (including phenoxy) is 1. The summed E-state index contributed by atoms with van der Waals surface area (Å²) in [4.78, 5) is 16.8. The van der Waals surface area contributed by atoms with Crippen LogP contribution in [0.5, 0.6) is 11.5 Å². The lowest BCUT2D eigenvalue weighted by Crippen LogP contribution is -2.24. The van der Waals surface area contributed by atoms with Gasteiger partial charge in [-0.15, -0.1) is 0 Å². The highest BCUT2D eigenvalue weighted by molar-refractivity contribution is 9.10. The SMILES string of the molecule is COc1ccc([C@H]2CC(=O)Nc3c2ncn3-c2ccc(Br)cc2)cc1O. The maximum Gasteiger partial charge on any atom is 0.226 e. The van der Waals surface area contributed by atoms with Gasteiger partial charge in [0, 0.05) is 22.5 Å². The van der Waals surface area contributed by atoms with E-state index in [9.17, 15) is 9.90 Å². The average Bonchev–Trinajstić information content (AvgIpc) is 3.05. The topological polar surface area (TPSA) is 76.4 Å². The van der Waals surface area contributed by atoms with Crippen molar-refractivity contribution < 1.29 is 14.6 Å². The molecule has 1 aliphatic heterocycles. The highest BCUT2D eigenvalue weighted by Gasteiger charge is 2.31. The zero-order valence-corrected chi connectivity index (χ0v) is 15.5. The van der Waals surface area contributed by atoms with Crippen LogP contribution in [-0.2, 0) is 4.79 Å². The number of carbonyl (C=O) groups excluding carboxylic acids is 1. The summed E-state index contributed by atoms with van der Waals surface area (Å²) in [5.41, 5.74) is 2.50. The molecule has 0 saturated carbocycles. The van der Waals surface area contributed by atoms with Gasteiger partial charge < -0.3 is 15.2 Å². The molecule has 6 nitrogen and oxygen atoms in total. The third-order valence-electron chi connectivity index (χ3n) is 4.48. The molecule has 1 atom stereocenters. The van der Waals surface area contributed by atoms with Crippen LogP contribution in [0.4, 0.5) is 5.82 Å². The fourth-order valence-electron chi connectivity index (χ4n) is 3.20. The zero-order chi connectivity index (χ0) is 18.3. The molecule has 2 aromatic carbocycles. The number of benzene rings is 2. The Balaban J connectivity index is 1.78. The van der Waals surface area contributed by atoms with E-state index in [2.05, 4.69) is 26.2 Å². The van der Waals surface area contributed by atoms with E-state index >= 15 is 0 Å². The summed E-state index contributed by atoms with van der Waals surface area (Å²) in [6.45, 7) is 0. The normalized spacial score (nSPS) is 16.1. The van der Waals surface area contributed by atoms with Gasteiger partial charge in [-0.2, -0.15) is 0 Å². The summed E-state index contributed by atoms with van der Waals surface area (Å²) in [6, 6.07) is 12.9. The van der Waals surface area contributed by atoms with E-state index < -0.39 is 0 Å². The van der Waals surface area contributed by atoms with Gasteiger partial charge in [0.15, 0.2) is 11.5 Å². The fourth-order valence-corrected chi connectivity index (χ4v) is 3.47. The molecule has 0 unspecified atom stereocenters. The molecular formula is C19H16BrN3O3. The minimum Gasteiger partial charge on any atom is -0.504 e. The molecule has 2 N–H and O–H groups in total. The lowest BCUT2D eigenvalue weighted by molar-refractivity contribution is -0.116. The maximum atomic E-state index is 12.3. The number of fused-ring (bicyclic) bond motifs is 1. The van der Waals surface area contributed by atoms with E-state index in [1.165, 1.54) is 7.11 Å². The Morgan fingerprint density at radius 2 is 2.04 bits per heavy atom. The van der Waals surface area contributed by atoms with E-state index in [1.54, 1.807) is 18.5 Å². The Bertz CT molecular complexity index is 982. The number of rotatable bonds is 3. The summed E-state index contributed by atoms with van der Waals surface area (Å²) in [5.74, 6) is 0.785. The molecule has 1 aliphatic rings. The minimum atomic E-state index is -0.229. The molecule has 0 aliphatic carbocycles. The lowest BCUT2D eigenvalue weighted by atomic mass is 9.89. The number of aromatic hydroxyl groups is 1. The molecule has 132 valence electrons. The number of hydrogen-bond donors (Lipinski definition) is 2. The standard InChI is InChI=1S/C19H16BrN3O3/c1-26-16-7-2-11(8-15(16)24)14-9-17(25)22-19-18(14)21-10-23(19)13-5-3-12(20)4-6-13/h2-8,10,14,24H,9H2,1H3,(H,22,25)/t14-/m1/s1. The number of phenolic OH excluding ortho intramolecular Hbond substituents is 1. The van der Waals surface area contributed by atoms with Crippen LogP contribution >= 0.6 is 15.9 Å². The number of hydrogen-bond acceptors (Lipinski definition) is 4. The highest BCUT2D eigenvalue weighted by atomic mass is 79.9. The number of halogens is 1. The Labute approximate surface area is 158 Å². The molecule has 0 spiro atoms. The van der Waals surface area contributed by atoms with Crippen LogP contribution in [0.3, 0.4) is 0 Å². The van der Waals surface area contributed by atoms with E-state index in [4.69, 9.17) is 4.74 Å². The van der Waals surface area contributed by atoms with E-state index in [-0.39, 0.29) is 24.0 Å². The van der Waals surface area contributed by atoms with Crippen LogP contribution in [-0.4, -0.2) is 27.7 Å². The Morgan fingerprint density at radius 3 is 2.73 bits per heavy atom. The first-order valence-electron chi connectivity index (χ1n) is 8.06. The number of nitrogens with one attached hydrogen (secondary N) is 1. The Morgan fingerprint density at radius 1 is 1.27 bits per heavy atom.